The second-order valence-electron chi connectivity index (χ2n) is 5.82. The molecule has 20 heavy (non-hydrogen) atoms. The van der Waals surface area contributed by atoms with Crippen molar-refractivity contribution >= 4 is 5.91 Å². The van der Waals surface area contributed by atoms with Gasteiger partial charge in [-0.05, 0) is 30.0 Å². The van der Waals surface area contributed by atoms with E-state index in [2.05, 4.69) is 26.1 Å². The quantitative estimate of drug-likeness (QED) is 0.814. The molecule has 4 nitrogen and oxygen atoms in total. The summed E-state index contributed by atoms with van der Waals surface area (Å²) in [7, 11) is 1.60. The minimum Gasteiger partial charge on any atom is -0.481 e. The molecule has 0 unspecified atom stereocenters. The maximum Gasteiger partial charge on any atom is 0.260 e. The second kappa shape index (κ2) is 7.29. The Labute approximate surface area is 121 Å². The van der Waals surface area contributed by atoms with Crippen LogP contribution in [-0.2, 0) is 14.9 Å². The van der Waals surface area contributed by atoms with E-state index >= 15 is 0 Å². The zero-order valence-corrected chi connectivity index (χ0v) is 13.0. The van der Waals surface area contributed by atoms with E-state index in [4.69, 9.17) is 9.47 Å². The summed E-state index contributed by atoms with van der Waals surface area (Å²) in [5.74, 6) is 0.564. The third-order valence-corrected chi connectivity index (χ3v) is 3.01. The van der Waals surface area contributed by atoms with Gasteiger partial charge in [0, 0.05) is 13.7 Å². The first kappa shape index (κ1) is 16.5. The number of amides is 1. The summed E-state index contributed by atoms with van der Waals surface area (Å²) in [5.41, 5.74) is 1.35. The highest BCUT2D eigenvalue weighted by atomic mass is 16.5. The Morgan fingerprint density at radius 1 is 1.25 bits per heavy atom. The molecule has 1 N–H and O–H groups in total. The fourth-order valence-electron chi connectivity index (χ4n) is 1.71. The first-order valence-electron chi connectivity index (χ1n) is 6.88. The molecular weight excluding hydrogens is 254 g/mol. The maximum atomic E-state index is 11.8. The smallest absolute Gasteiger partial charge is 0.260 e. The summed E-state index contributed by atoms with van der Waals surface area (Å²) >= 11 is 0. The van der Waals surface area contributed by atoms with Crippen molar-refractivity contribution in [1.82, 2.24) is 5.32 Å². The lowest BCUT2D eigenvalue weighted by atomic mass is 9.87. The molecule has 0 bridgehead atoms. The summed E-state index contributed by atoms with van der Waals surface area (Å²) < 4.78 is 10.5. The number of benzene rings is 1. The van der Waals surface area contributed by atoms with Crippen LogP contribution in [-0.4, -0.2) is 32.3 Å². The average molecular weight is 279 g/mol. The normalized spacial score (nSPS) is 12.8. The van der Waals surface area contributed by atoms with Crippen LogP contribution < -0.4 is 10.1 Å². The molecule has 4 heteroatoms. The Morgan fingerprint density at radius 3 is 2.35 bits per heavy atom. The SMILES string of the molecule is COCCNC(=O)[C@H](C)Oc1ccc(C(C)(C)C)cc1. The van der Waals surface area contributed by atoms with Gasteiger partial charge in [-0.1, -0.05) is 32.9 Å². The number of hydrogen-bond acceptors (Lipinski definition) is 3. The number of carbonyl (C=O) groups excluding carboxylic acids is 1. The third kappa shape index (κ3) is 5.21. The highest BCUT2D eigenvalue weighted by Crippen LogP contribution is 2.24. The van der Waals surface area contributed by atoms with Crippen molar-refractivity contribution in [3.63, 3.8) is 0 Å². The van der Waals surface area contributed by atoms with Crippen LogP contribution in [0.4, 0.5) is 0 Å². The van der Waals surface area contributed by atoms with E-state index in [-0.39, 0.29) is 11.3 Å². The first-order valence-corrected chi connectivity index (χ1v) is 6.88. The fraction of sp³-hybridized carbons (Fsp3) is 0.562. The zero-order valence-electron chi connectivity index (χ0n) is 13.0. The van der Waals surface area contributed by atoms with Crippen LogP contribution >= 0.6 is 0 Å². The van der Waals surface area contributed by atoms with Gasteiger partial charge in [0.2, 0.25) is 0 Å². The summed E-state index contributed by atoms with van der Waals surface area (Å²) in [6.45, 7) is 9.21. The minimum atomic E-state index is -0.521. The summed E-state index contributed by atoms with van der Waals surface area (Å²) in [5, 5.41) is 2.75. The van der Waals surface area contributed by atoms with Crippen molar-refractivity contribution in [2.45, 2.75) is 39.2 Å². The second-order valence-corrected chi connectivity index (χ2v) is 5.82. The molecular formula is C16H25NO3. The molecule has 0 aliphatic heterocycles. The van der Waals surface area contributed by atoms with Crippen molar-refractivity contribution < 1.29 is 14.3 Å². The summed E-state index contributed by atoms with van der Waals surface area (Å²) in [4.78, 5) is 11.8. The molecule has 0 aliphatic rings. The molecule has 1 aromatic carbocycles. The predicted molar refractivity (Wildman–Crippen MR) is 80.1 cm³/mol. The standard InChI is InChI=1S/C16H25NO3/c1-12(15(18)17-10-11-19-5)20-14-8-6-13(7-9-14)16(2,3)4/h6-9,12H,10-11H2,1-5H3,(H,17,18)/t12-/m0/s1. The molecule has 1 atom stereocenters. The Kier molecular flexibility index (Phi) is 6.02. The van der Waals surface area contributed by atoms with Crippen LogP contribution in [0.25, 0.3) is 0 Å². The van der Waals surface area contributed by atoms with Crippen LogP contribution in [0.5, 0.6) is 5.75 Å². The van der Waals surface area contributed by atoms with Gasteiger partial charge in [0.05, 0.1) is 6.61 Å². The zero-order chi connectivity index (χ0) is 15.2. The molecule has 0 aromatic heterocycles. The van der Waals surface area contributed by atoms with E-state index in [9.17, 15) is 4.79 Å². The van der Waals surface area contributed by atoms with Crippen LogP contribution in [0.15, 0.2) is 24.3 Å². The van der Waals surface area contributed by atoms with E-state index in [1.165, 1.54) is 5.56 Å². The third-order valence-electron chi connectivity index (χ3n) is 3.01. The molecule has 0 heterocycles. The van der Waals surface area contributed by atoms with E-state index < -0.39 is 6.10 Å². The molecule has 112 valence electrons. The van der Waals surface area contributed by atoms with Crippen molar-refractivity contribution in [3.05, 3.63) is 29.8 Å². The van der Waals surface area contributed by atoms with Crippen LogP contribution in [0, 0.1) is 0 Å². The van der Waals surface area contributed by atoms with Crippen molar-refractivity contribution in [2.75, 3.05) is 20.3 Å². The molecule has 1 aromatic rings. The van der Waals surface area contributed by atoms with Gasteiger partial charge in [0.1, 0.15) is 5.75 Å². The van der Waals surface area contributed by atoms with Gasteiger partial charge in [-0.25, -0.2) is 0 Å². The Balaban J connectivity index is 2.53. The number of nitrogens with one attached hydrogen (secondary N) is 1. The van der Waals surface area contributed by atoms with Gasteiger partial charge in [-0.15, -0.1) is 0 Å². The van der Waals surface area contributed by atoms with Crippen LogP contribution in [0.1, 0.15) is 33.3 Å². The van der Waals surface area contributed by atoms with E-state index in [1.54, 1.807) is 14.0 Å². The minimum absolute atomic E-state index is 0.113. The van der Waals surface area contributed by atoms with Gasteiger partial charge < -0.3 is 14.8 Å². The number of hydrogen-bond donors (Lipinski definition) is 1. The molecule has 0 radical (unpaired) electrons. The lowest BCUT2D eigenvalue weighted by Crippen LogP contribution is -2.37. The van der Waals surface area contributed by atoms with Crippen LogP contribution in [0.2, 0.25) is 0 Å². The lowest BCUT2D eigenvalue weighted by Gasteiger charge is -2.20. The molecule has 0 spiro atoms. The monoisotopic (exact) mass is 279 g/mol. The van der Waals surface area contributed by atoms with E-state index in [1.807, 2.05) is 24.3 Å². The molecule has 0 aliphatic carbocycles. The fourth-order valence-corrected chi connectivity index (χ4v) is 1.71. The van der Waals surface area contributed by atoms with Gasteiger partial charge >= 0.3 is 0 Å². The molecule has 1 rings (SSSR count). The highest BCUT2D eigenvalue weighted by molar-refractivity contribution is 5.80. The molecule has 1 amide bonds. The Hall–Kier alpha value is -1.55. The van der Waals surface area contributed by atoms with Crippen molar-refractivity contribution in [1.29, 1.82) is 0 Å². The maximum absolute atomic E-state index is 11.8. The number of carbonyl (C=O) groups is 1. The van der Waals surface area contributed by atoms with Crippen molar-refractivity contribution in [3.8, 4) is 5.75 Å². The van der Waals surface area contributed by atoms with E-state index in [0.717, 1.165) is 0 Å². The largest absolute Gasteiger partial charge is 0.481 e. The predicted octanol–water partition coefficient (Wildman–Crippen LogP) is 2.51. The lowest BCUT2D eigenvalue weighted by molar-refractivity contribution is -0.127. The number of methoxy groups -OCH3 is 1. The topological polar surface area (TPSA) is 47.6 Å². The molecule has 0 saturated carbocycles. The van der Waals surface area contributed by atoms with Gasteiger partial charge in [0.25, 0.3) is 5.91 Å². The van der Waals surface area contributed by atoms with Crippen LogP contribution in [0.3, 0.4) is 0 Å². The van der Waals surface area contributed by atoms with E-state index in [0.29, 0.717) is 18.9 Å². The highest BCUT2D eigenvalue weighted by Gasteiger charge is 2.16. The molecule has 0 fully saturated rings. The van der Waals surface area contributed by atoms with Crippen molar-refractivity contribution in [2.24, 2.45) is 0 Å². The van der Waals surface area contributed by atoms with Gasteiger partial charge in [-0.3, -0.25) is 4.79 Å². The first-order chi connectivity index (χ1) is 9.34. The van der Waals surface area contributed by atoms with Gasteiger partial charge in [-0.2, -0.15) is 0 Å². The number of rotatable bonds is 6. The average Bonchev–Trinajstić information content (AvgIpc) is 2.38. The number of ether oxygens (including phenoxy) is 2. The Morgan fingerprint density at radius 2 is 1.85 bits per heavy atom. The Bertz CT molecular complexity index is 420. The summed E-state index contributed by atoms with van der Waals surface area (Å²) in [6.07, 6.45) is -0.521. The summed E-state index contributed by atoms with van der Waals surface area (Å²) in [6, 6.07) is 7.87. The van der Waals surface area contributed by atoms with Gasteiger partial charge in [0.15, 0.2) is 6.10 Å². The molecule has 0 saturated heterocycles.